The third-order valence-electron chi connectivity index (χ3n) is 3.90. The van der Waals surface area contributed by atoms with Gasteiger partial charge in [-0.05, 0) is 38.1 Å². The molecule has 0 bridgehead atoms. The highest BCUT2D eigenvalue weighted by Crippen LogP contribution is 2.43. The van der Waals surface area contributed by atoms with Gasteiger partial charge in [0.05, 0.1) is 14.2 Å². The van der Waals surface area contributed by atoms with Crippen molar-refractivity contribution in [2.24, 2.45) is 0 Å². The van der Waals surface area contributed by atoms with Crippen molar-refractivity contribution < 1.29 is 34.8 Å². The van der Waals surface area contributed by atoms with Gasteiger partial charge in [-0.25, -0.2) is 0 Å². The number of Topliss-reactive ketones (excluding diaryl/α,β-unsaturated/α-hetero) is 2. The highest BCUT2D eigenvalue weighted by Gasteiger charge is 2.24. The lowest BCUT2D eigenvalue weighted by atomic mass is 10.1. The number of hydrogen-bond donors (Lipinski definition) is 0. The topological polar surface area (TPSA) is 121 Å². The van der Waals surface area contributed by atoms with Crippen molar-refractivity contribution >= 4 is 53.4 Å². The summed E-state index contributed by atoms with van der Waals surface area (Å²) in [5.41, 5.74) is 0.377. The van der Waals surface area contributed by atoms with Gasteiger partial charge in [-0.3, -0.25) is 18.0 Å². The Morgan fingerprint density at radius 3 is 1.30 bits per heavy atom. The van der Waals surface area contributed by atoms with E-state index in [1.54, 1.807) is 0 Å². The molecule has 2 aromatic carbocycles. The first-order chi connectivity index (χ1) is 13.9. The van der Waals surface area contributed by atoms with E-state index in [4.69, 9.17) is 0 Å². The van der Waals surface area contributed by atoms with Crippen LogP contribution < -0.4 is 0 Å². The molecule has 162 valence electrons. The fraction of sp³-hybridized carbons (Fsp3) is 0.222. The summed E-state index contributed by atoms with van der Waals surface area (Å²) in [7, 11) is -4.33. The normalized spacial score (nSPS) is 12.0. The molecule has 2 rings (SSSR count). The van der Waals surface area contributed by atoms with Crippen LogP contribution in [0.25, 0.3) is 0 Å². The van der Waals surface area contributed by atoms with Crippen LogP contribution in [0.4, 0.5) is 0 Å². The van der Waals surface area contributed by atoms with Gasteiger partial charge in [-0.2, -0.15) is 16.8 Å². The SMILES string of the molecule is COS(=O)(=O)c1cc(C(C)=O)ccc1SSc1ccc(C(C)=O)cc1S(=O)(=O)OC. The second-order valence-corrected chi connectivity index (χ2v) is 11.4. The highest BCUT2D eigenvalue weighted by atomic mass is 33.1. The Bertz CT molecular complexity index is 1110. The molecular formula is C18H18O8S4. The van der Waals surface area contributed by atoms with Crippen molar-refractivity contribution in [3.63, 3.8) is 0 Å². The van der Waals surface area contributed by atoms with Crippen LogP contribution in [0.2, 0.25) is 0 Å². The van der Waals surface area contributed by atoms with Crippen LogP contribution in [-0.4, -0.2) is 42.6 Å². The van der Waals surface area contributed by atoms with Crippen LogP contribution in [0.3, 0.4) is 0 Å². The number of rotatable bonds is 9. The van der Waals surface area contributed by atoms with E-state index in [2.05, 4.69) is 8.37 Å². The predicted molar refractivity (Wildman–Crippen MR) is 113 cm³/mol. The third-order valence-corrected chi connectivity index (χ3v) is 9.27. The van der Waals surface area contributed by atoms with Crippen LogP contribution in [0.1, 0.15) is 34.6 Å². The quantitative estimate of drug-likeness (QED) is 0.293. The van der Waals surface area contributed by atoms with Gasteiger partial charge in [0.25, 0.3) is 20.2 Å². The molecule has 12 heteroatoms. The van der Waals surface area contributed by atoms with Gasteiger partial charge < -0.3 is 0 Å². The summed E-state index contributed by atoms with van der Waals surface area (Å²) in [6.45, 7) is 2.61. The summed E-state index contributed by atoms with van der Waals surface area (Å²) in [4.78, 5) is 23.3. The van der Waals surface area contributed by atoms with Crippen molar-refractivity contribution in [3.05, 3.63) is 47.5 Å². The molecule has 0 aliphatic carbocycles. The van der Waals surface area contributed by atoms with E-state index in [0.717, 1.165) is 35.8 Å². The Kier molecular flexibility index (Phi) is 7.88. The molecule has 0 aliphatic heterocycles. The summed E-state index contributed by atoms with van der Waals surface area (Å²) < 4.78 is 58.3. The third kappa shape index (κ3) is 5.50. The molecule has 0 heterocycles. The van der Waals surface area contributed by atoms with Crippen LogP contribution >= 0.6 is 21.6 Å². The van der Waals surface area contributed by atoms with Gasteiger partial charge in [0.1, 0.15) is 9.79 Å². The van der Waals surface area contributed by atoms with E-state index in [1.807, 2.05) is 0 Å². The molecule has 0 saturated carbocycles. The summed E-state index contributed by atoms with van der Waals surface area (Å²) >= 11 is 0. The molecule has 0 aromatic heterocycles. The molecule has 0 unspecified atom stereocenters. The number of ketones is 2. The Morgan fingerprint density at radius 1 is 0.700 bits per heavy atom. The maximum atomic E-state index is 12.3. The van der Waals surface area contributed by atoms with Gasteiger partial charge in [-0.1, -0.05) is 33.7 Å². The molecular weight excluding hydrogens is 472 g/mol. The number of benzene rings is 2. The average Bonchev–Trinajstić information content (AvgIpc) is 2.71. The first-order valence-corrected chi connectivity index (χ1v) is 13.2. The standard InChI is InChI=1S/C18H18O8S4/c1-11(19)13-5-7-15(17(9-13)29(21,22)25-3)27-28-16-8-6-14(12(2)20)10-18(16)30(23,24)26-4/h5-10H,1-4H3. The molecule has 0 saturated heterocycles. The van der Waals surface area contributed by atoms with Crippen molar-refractivity contribution in [3.8, 4) is 0 Å². The van der Waals surface area contributed by atoms with Crippen molar-refractivity contribution in [1.29, 1.82) is 0 Å². The van der Waals surface area contributed by atoms with Crippen LogP contribution in [0.15, 0.2) is 56.0 Å². The van der Waals surface area contributed by atoms with E-state index in [-0.39, 0.29) is 42.3 Å². The molecule has 0 spiro atoms. The molecule has 0 amide bonds. The Hall–Kier alpha value is -1.70. The fourth-order valence-corrected chi connectivity index (χ4v) is 7.08. The number of carbonyl (C=O) groups is 2. The molecule has 8 nitrogen and oxygen atoms in total. The van der Waals surface area contributed by atoms with E-state index >= 15 is 0 Å². The zero-order valence-electron chi connectivity index (χ0n) is 16.4. The van der Waals surface area contributed by atoms with E-state index in [9.17, 15) is 26.4 Å². The van der Waals surface area contributed by atoms with E-state index in [1.165, 1.54) is 50.2 Å². The van der Waals surface area contributed by atoms with Crippen LogP contribution in [0.5, 0.6) is 0 Å². The largest absolute Gasteiger partial charge is 0.297 e. The average molecular weight is 491 g/mol. The zero-order valence-corrected chi connectivity index (χ0v) is 19.6. The summed E-state index contributed by atoms with van der Waals surface area (Å²) in [5, 5.41) is 0. The minimum Gasteiger partial charge on any atom is -0.295 e. The van der Waals surface area contributed by atoms with Gasteiger partial charge in [0.2, 0.25) is 0 Å². The van der Waals surface area contributed by atoms with E-state index < -0.39 is 20.2 Å². The molecule has 0 atom stereocenters. The molecule has 0 N–H and O–H groups in total. The Morgan fingerprint density at radius 2 is 1.03 bits per heavy atom. The maximum absolute atomic E-state index is 12.3. The summed E-state index contributed by atoms with van der Waals surface area (Å²) in [6, 6.07) is 8.21. The maximum Gasteiger partial charge on any atom is 0.297 e. The number of carbonyl (C=O) groups excluding carboxylic acids is 2. The Labute approximate surface area is 183 Å². The lowest BCUT2D eigenvalue weighted by molar-refractivity contribution is 0.100. The van der Waals surface area contributed by atoms with Crippen molar-refractivity contribution in [1.82, 2.24) is 0 Å². The first kappa shape index (κ1) is 24.6. The second-order valence-electron chi connectivity index (χ2n) is 5.84. The van der Waals surface area contributed by atoms with Crippen LogP contribution in [-0.2, 0) is 28.6 Å². The van der Waals surface area contributed by atoms with E-state index in [0.29, 0.717) is 0 Å². The molecule has 0 aliphatic rings. The number of hydrogen-bond acceptors (Lipinski definition) is 10. The molecule has 30 heavy (non-hydrogen) atoms. The lowest BCUT2D eigenvalue weighted by Gasteiger charge is -2.12. The predicted octanol–water partition coefficient (Wildman–Crippen LogP) is 3.56. The van der Waals surface area contributed by atoms with Gasteiger partial charge in [0, 0.05) is 20.9 Å². The molecule has 2 aromatic rings. The van der Waals surface area contributed by atoms with Crippen LogP contribution in [0, 0.1) is 0 Å². The van der Waals surface area contributed by atoms with Gasteiger partial charge in [0.15, 0.2) is 11.6 Å². The summed E-state index contributed by atoms with van der Waals surface area (Å²) in [6.07, 6.45) is 0. The summed E-state index contributed by atoms with van der Waals surface area (Å²) in [5.74, 6) is -0.639. The fourth-order valence-electron chi connectivity index (χ4n) is 2.25. The molecule has 0 radical (unpaired) electrons. The molecule has 0 fully saturated rings. The van der Waals surface area contributed by atoms with Crippen molar-refractivity contribution in [2.75, 3.05) is 14.2 Å². The smallest absolute Gasteiger partial charge is 0.295 e. The zero-order chi connectivity index (χ0) is 22.7. The Balaban J connectivity index is 2.52. The minimum absolute atomic E-state index is 0.188. The van der Waals surface area contributed by atoms with Crippen molar-refractivity contribution in [2.45, 2.75) is 33.4 Å². The monoisotopic (exact) mass is 490 g/mol. The second kappa shape index (κ2) is 9.62. The minimum atomic E-state index is -4.12. The first-order valence-electron chi connectivity index (χ1n) is 8.18. The highest BCUT2D eigenvalue weighted by molar-refractivity contribution is 8.76. The van der Waals surface area contributed by atoms with Gasteiger partial charge in [-0.15, -0.1) is 0 Å². The lowest BCUT2D eigenvalue weighted by Crippen LogP contribution is -2.07. The van der Waals surface area contributed by atoms with Gasteiger partial charge >= 0.3 is 0 Å².